The molecule has 0 aliphatic heterocycles. The molecular formula is C18H26N6O2. The van der Waals surface area contributed by atoms with Crippen LogP contribution in [-0.4, -0.2) is 48.7 Å². The Morgan fingerprint density at radius 1 is 1.42 bits per heavy atom. The first-order valence-electron chi connectivity index (χ1n) is 8.33. The number of aromatic nitrogens is 2. The van der Waals surface area contributed by atoms with Gasteiger partial charge in [-0.25, -0.2) is 4.98 Å². The largest absolute Gasteiger partial charge is 0.380 e. The Kier molecular flexibility index (Phi) is 6.48. The van der Waals surface area contributed by atoms with Crippen LogP contribution in [0.15, 0.2) is 30.5 Å². The van der Waals surface area contributed by atoms with Gasteiger partial charge in [-0.2, -0.15) is 4.98 Å². The van der Waals surface area contributed by atoms with Crippen molar-refractivity contribution in [3.8, 4) is 0 Å². The summed E-state index contributed by atoms with van der Waals surface area (Å²) in [5, 5.41) is 3.08. The van der Waals surface area contributed by atoms with Gasteiger partial charge in [0, 0.05) is 38.6 Å². The molecule has 5 N–H and O–H groups in total. The third kappa shape index (κ3) is 4.68. The predicted molar refractivity (Wildman–Crippen MR) is 103 cm³/mol. The lowest BCUT2D eigenvalue weighted by Crippen LogP contribution is -2.40. The quantitative estimate of drug-likeness (QED) is 0.653. The highest BCUT2D eigenvalue weighted by Crippen LogP contribution is 2.26. The molecule has 2 atom stereocenters. The van der Waals surface area contributed by atoms with Crippen molar-refractivity contribution in [3.05, 3.63) is 41.6 Å². The standard InChI is InChI=1S/C18H26N6O2/c1-11-6-5-7-13(8-11)24(3)17-14(16(20)25)9-21-18(23-17)22-10-15(19)12(2)26-4/h5-9,12,15H,10,19H2,1-4H3,(H2,20,25)(H,21,22,23)/t12-,15+/m0/s1. The third-order valence-electron chi connectivity index (χ3n) is 4.21. The number of benzene rings is 1. The Balaban J connectivity index is 2.29. The van der Waals surface area contributed by atoms with Crippen LogP contribution in [0, 0.1) is 6.92 Å². The van der Waals surface area contributed by atoms with E-state index in [1.165, 1.54) is 6.20 Å². The number of rotatable bonds is 8. The second kappa shape index (κ2) is 8.59. The summed E-state index contributed by atoms with van der Waals surface area (Å²) in [6, 6.07) is 7.64. The maximum atomic E-state index is 11.8. The van der Waals surface area contributed by atoms with Gasteiger partial charge in [-0.3, -0.25) is 4.79 Å². The smallest absolute Gasteiger partial charge is 0.254 e. The molecule has 0 saturated carbocycles. The van der Waals surface area contributed by atoms with Crippen molar-refractivity contribution in [2.75, 3.05) is 30.9 Å². The fourth-order valence-electron chi connectivity index (χ4n) is 2.40. The molecule has 0 unspecified atom stereocenters. The molecule has 26 heavy (non-hydrogen) atoms. The summed E-state index contributed by atoms with van der Waals surface area (Å²) in [6.07, 6.45) is 1.31. The van der Waals surface area contributed by atoms with Crippen LogP contribution in [0.1, 0.15) is 22.8 Å². The van der Waals surface area contributed by atoms with E-state index >= 15 is 0 Å². The Hall–Kier alpha value is -2.71. The zero-order valence-corrected chi connectivity index (χ0v) is 15.6. The number of anilines is 3. The van der Waals surface area contributed by atoms with Crippen LogP contribution in [0.25, 0.3) is 0 Å². The average Bonchev–Trinajstić information content (AvgIpc) is 2.64. The first-order chi connectivity index (χ1) is 12.3. The van der Waals surface area contributed by atoms with E-state index in [1.807, 2.05) is 45.2 Å². The number of aryl methyl sites for hydroxylation is 1. The average molecular weight is 358 g/mol. The van der Waals surface area contributed by atoms with Crippen molar-refractivity contribution in [1.82, 2.24) is 9.97 Å². The van der Waals surface area contributed by atoms with Gasteiger partial charge in [-0.1, -0.05) is 12.1 Å². The molecule has 8 nitrogen and oxygen atoms in total. The Morgan fingerprint density at radius 3 is 2.77 bits per heavy atom. The summed E-state index contributed by atoms with van der Waals surface area (Å²) in [5.74, 6) is 0.202. The molecule has 1 amide bonds. The van der Waals surface area contributed by atoms with Crippen molar-refractivity contribution in [3.63, 3.8) is 0 Å². The monoisotopic (exact) mass is 358 g/mol. The highest BCUT2D eigenvalue weighted by molar-refractivity contribution is 5.98. The van der Waals surface area contributed by atoms with E-state index in [0.29, 0.717) is 18.3 Å². The predicted octanol–water partition coefficient (Wildman–Crippen LogP) is 1.43. The molecule has 0 radical (unpaired) electrons. The van der Waals surface area contributed by atoms with Crippen molar-refractivity contribution >= 4 is 23.4 Å². The van der Waals surface area contributed by atoms with E-state index in [2.05, 4.69) is 15.3 Å². The fraction of sp³-hybridized carbons (Fsp3) is 0.389. The van der Waals surface area contributed by atoms with Crippen molar-refractivity contribution in [2.24, 2.45) is 11.5 Å². The number of nitrogens with two attached hydrogens (primary N) is 2. The van der Waals surface area contributed by atoms with Crippen molar-refractivity contribution in [2.45, 2.75) is 26.0 Å². The molecule has 0 spiro atoms. The number of methoxy groups -OCH3 is 1. The highest BCUT2D eigenvalue weighted by Gasteiger charge is 2.18. The molecule has 0 aliphatic rings. The van der Waals surface area contributed by atoms with Crippen LogP contribution < -0.4 is 21.7 Å². The third-order valence-corrected chi connectivity index (χ3v) is 4.21. The van der Waals surface area contributed by atoms with E-state index < -0.39 is 5.91 Å². The maximum Gasteiger partial charge on any atom is 0.254 e. The Labute approximate surface area is 153 Å². The second-order valence-electron chi connectivity index (χ2n) is 6.18. The number of primary amides is 1. The zero-order valence-electron chi connectivity index (χ0n) is 15.6. The van der Waals surface area contributed by atoms with Gasteiger partial charge in [0.2, 0.25) is 5.95 Å². The van der Waals surface area contributed by atoms with Gasteiger partial charge in [0.1, 0.15) is 5.56 Å². The topological polar surface area (TPSA) is 119 Å². The molecule has 140 valence electrons. The molecule has 1 aromatic carbocycles. The minimum atomic E-state index is -0.587. The second-order valence-corrected chi connectivity index (χ2v) is 6.18. The number of carbonyl (C=O) groups is 1. The first-order valence-corrected chi connectivity index (χ1v) is 8.33. The van der Waals surface area contributed by atoms with Gasteiger partial charge in [-0.05, 0) is 31.5 Å². The number of nitrogens with one attached hydrogen (secondary N) is 1. The SMILES string of the molecule is CO[C@@H](C)[C@H](N)CNc1ncc(C(N)=O)c(N(C)c2cccc(C)c2)n1. The van der Waals surface area contributed by atoms with Crippen LogP contribution in [0.3, 0.4) is 0 Å². The number of nitrogens with zero attached hydrogens (tertiary/aromatic N) is 3. The van der Waals surface area contributed by atoms with Gasteiger partial charge in [0.25, 0.3) is 5.91 Å². The highest BCUT2D eigenvalue weighted by atomic mass is 16.5. The number of amides is 1. The maximum absolute atomic E-state index is 11.8. The van der Waals surface area contributed by atoms with Crippen LogP contribution >= 0.6 is 0 Å². The number of hydrogen-bond donors (Lipinski definition) is 3. The minimum Gasteiger partial charge on any atom is -0.380 e. The Morgan fingerprint density at radius 2 is 2.15 bits per heavy atom. The van der Waals surface area contributed by atoms with Gasteiger partial charge >= 0.3 is 0 Å². The molecule has 0 bridgehead atoms. The number of hydrogen-bond acceptors (Lipinski definition) is 7. The number of carbonyl (C=O) groups excluding carboxylic acids is 1. The number of ether oxygens (including phenoxy) is 1. The molecule has 1 aromatic heterocycles. The summed E-state index contributed by atoms with van der Waals surface area (Å²) in [5.41, 5.74) is 13.8. The molecular weight excluding hydrogens is 332 g/mol. The van der Waals surface area contributed by atoms with Gasteiger partial charge in [-0.15, -0.1) is 0 Å². The zero-order chi connectivity index (χ0) is 19.3. The molecule has 2 rings (SSSR count). The summed E-state index contributed by atoms with van der Waals surface area (Å²) in [7, 11) is 3.43. The molecule has 0 fully saturated rings. The summed E-state index contributed by atoms with van der Waals surface area (Å²) in [4.78, 5) is 22.2. The van der Waals surface area contributed by atoms with Gasteiger partial charge in [0.15, 0.2) is 5.82 Å². The molecule has 0 aliphatic carbocycles. The van der Waals surface area contributed by atoms with E-state index in [0.717, 1.165) is 11.3 Å². The lowest BCUT2D eigenvalue weighted by atomic mass is 10.2. The van der Waals surface area contributed by atoms with Gasteiger partial charge in [0.05, 0.1) is 6.10 Å². The van der Waals surface area contributed by atoms with E-state index in [9.17, 15) is 4.79 Å². The van der Waals surface area contributed by atoms with Gasteiger partial charge < -0.3 is 26.4 Å². The summed E-state index contributed by atoms with van der Waals surface area (Å²) in [6.45, 7) is 4.32. The van der Waals surface area contributed by atoms with Crippen molar-refractivity contribution < 1.29 is 9.53 Å². The van der Waals surface area contributed by atoms with Crippen LogP contribution in [0.5, 0.6) is 0 Å². The fourth-order valence-corrected chi connectivity index (χ4v) is 2.40. The normalized spacial score (nSPS) is 13.1. The van der Waals surface area contributed by atoms with Crippen LogP contribution in [0.2, 0.25) is 0 Å². The minimum absolute atomic E-state index is 0.109. The summed E-state index contributed by atoms with van der Waals surface area (Å²) >= 11 is 0. The Bertz CT molecular complexity index is 767. The lowest BCUT2D eigenvalue weighted by Gasteiger charge is -2.22. The van der Waals surface area contributed by atoms with E-state index in [4.69, 9.17) is 16.2 Å². The van der Waals surface area contributed by atoms with E-state index in [-0.39, 0.29) is 17.7 Å². The molecule has 1 heterocycles. The van der Waals surface area contributed by atoms with E-state index in [1.54, 1.807) is 12.0 Å². The van der Waals surface area contributed by atoms with Crippen LogP contribution in [0.4, 0.5) is 17.5 Å². The van der Waals surface area contributed by atoms with Crippen molar-refractivity contribution in [1.29, 1.82) is 0 Å². The first kappa shape index (κ1) is 19.6. The molecule has 0 saturated heterocycles. The summed E-state index contributed by atoms with van der Waals surface area (Å²) < 4.78 is 5.21. The molecule has 8 heteroatoms. The lowest BCUT2D eigenvalue weighted by molar-refractivity contribution is 0.0989. The molecule has 2 aromatic rings. The van der Waals surface area contributed by atoms with Crippen LogP contribution in [-0.2, 0) is 4.74 Å².